The third-order valence-corrected chi connectivity index (χ3v) is 8.50. The number of carbonyl (C=O) groups is 3. The van der Waals surface area contributed by atoms with Gasteiger partial charge in [-0.3, -0.25) is 19.3 Å². The number of aryl methyl sites for hydroxylation is 2. The number of carbonyl (C=O) groups excluding carboxylic acids is 3. The van der Waals surface area contributed by atoms with Crippen molar-refractivity contribution in [3.63, 3.8) is 0 Å². The molecule has 3 heterocycles. The van der Waals surface area contributed by atoms with Gasteiger partial charge in [0.05, 0.1) is 17.5 Å². The van der Waals surface area contributed by atoms with Gasteiger partial charge < -0.3 is 5.32 Å². The minimum absolute atomic E-state index is 0.167. The maximum Gasteiger partial charge on any atom is 0.249 e. The first-order valence-corrected chi connectivity index (χ1v) is 13.7. The molecule has 0 aromatic carbocycles. The fourth-order valence-electron chi connectivity index (χ4n) is 4.63. The number of amides is 3. The van der Waals surface area contributed by atoms with Gasteiger partial charge in [0, 0.05) is 20.7 Å². The summed E-state index contributed by atoms with van der Waals surface area (Å²) in [6, 6.07) is 1.32. The molecule has 2 fully saturated rings. The molecule has 0 radical (unpaired) electrons. The van der Waals surface area contributed by atoms with Crippen molar-refractivity contribution in [3.05, 3.63) is 21.2 Å². The van der Waals surface area contributed by atoms with Crippen molar-refractivity contribution >= 4 is 57.3 Å². The van der Waals surface area contributed by atoms with E-state index in [1.54, 1.807) is 23.1 Å². The Hall–Kier alpha value is -1.71. The summed E-state index contributed by atoms with van der Waals surface area (Å²) in [5.41, 5.74) is 1.91. The zero-order valence-electron chi connectivity index (χ0n) is 18.0. The molecule has 1 saturated heterocycles. The van der Waals surface area contributed by atoms with E-state index in [1.807, 2.05) is 11.6 Å². The number of fused-ring (bicyclic) bond motifs is 1. The highest BCUT2D eigenvalue weighted by Crippen LogP contribution is 2.39. The smallest absolute Gasteiger partial charge is 0.249 e. The number of nitrogens with zero attached hydrogens (tertiary/aromatic N) is 2. The molecule has 0 bridgehead atoms. The van der Waals surface area contributed by atoms with Gasteiger partial charge in [-0.05, 0) is 51.2 Å². The van der Waals surface area contributed by atoms with Crippen LogP contribution in [-0.2, 0) is 14.4 Å². The van der Waals surface area contributed by atoms with Crippen molar-refractivity contribution in [1.29, 1.82) is 0 Å². The Morgan fingerprint density at radius 1 is 1.26 bits per heavy atom. The molecular formula is C22H27N3O3S3. The Morgan fingerprint density at radius 3 is 2.52 bits per heavy atom. The molecule has 31 heavy (non-hydrogen) atoms. The lowest BCUT2D eigenvalue weighted by atomic mass is 9.81. The maximum absolute atomic E-state index is 13.2. The largest absolute Gasteiger partial charge is 0.300 e. The highest BCUT2D eigenvalue weighted by atomic mass is 32.2. The zero-order chi connectivity index (χ0) is 22.1. The summed E-state index contributed by atoms with van der Waals surface area (Å²) in [4.78, 5) is 47.6. The fourth-order valence-corrected chi connectivity index (χ4v) is 6.74. The molecule has 4 rings (SSSR count). The Morgan fingerprint density at radius 2 is 1.94 bits per heavy atom. The van der Waals surface area contributed by atoms with E-state index >= 15 is 0 Å². The number of rotatable bonds is 7. The number of hydrogen-bond donors (Lipinski definition) is 1. The van der Waals surface area contributed by atoms with Crippen LogP contribution in [0.5, 0.6) is 0 Å². The molecule has 0 spiro atoms. The van der Waals surface area contributed by atoms with Crippen molar-refractivity contribution in [2.75, 3.05) is 17.3 Å². The van der Waals surface area contributed by atoms with E-state index in [9.17, 15) is 14.4 Å². The molecule has 6 nitrogen and oxygen atoms in total. The molecule has 1 N–H and O–H groups in total. The van der Waals surface area contributed by atoms with Crippen molar-refractivity contribution in [2.45, 2.75) is 52.0 Å². The van der Waals surface area contributed by atoms with Crippen molar-refractivity contribution < 1.29 is 14.4 Å². The normalized spacial score (nSPS) is 22.0. The van der Waals surface area contributed by atoms with E-state index in [1.165, 1.54) is 26.0 Å². The standard InChI is InChI=1S/C22H27N3O3S3/c1-12-10-16(13(2)31-12)17-11-30-22(23-17)24-19(26)18(8-9-29-3)25-20(27)14-6-4-5-7-15(14)21(25)28/h10-11,14-15,18H,4-9H2,1-3H3,(H,23,24,26)/t14-,15+,18-/m0/s1. The molecule has 2 aromatic heterocycles. The summed E-state index contributed by atoms with van der Waals surface area (Å²) in [5.74, 6) is -0.459. The second-order valence-electron chi connectivity index (χ2n) is 8.20. The lowest BCUT2D eigenvalue weighted by molar-refractivity contribution is -0.146. The third kappa shape index (κ3) is 4.45. The highest BCUT2D eigenvalue weighted by Gasteiger charge is 2.51. The van der Waals surface area contributed by atoms with Crippen molar-refractivity contribution in [2.24, 2.45) is 11.8 Å². The first kappa shape index (κ1) is 22.5. The molecule has 3 atom stereocenters. The number of nitrogens with one attached hydrogen (secondary N) is 1. The quantitative estimate of drug-likeness (QED) is 0.584. The number of anilines is 1. The lowest BCUT2D eigenvalue weighted by Gasteiger charge is -2.25. The maximum atomic E-state index is 13.2. The van der Waals surface area contributed by atoms with Crippen LogP contribution in [0.25, 0.3) is 11.3 Å². The van der Waals surface area contributed by atoms with E-state index in [-0.39, 0.29) is 29.6 Å². The van der Waals surface area contributed by atoms with Gasteiger partial charge in [-0.25, -0.2) is 4.98 Å². The van der Waals surface area contributed by atoms with Crippen molar-refractivity contribution in [3.8, 4) is 11.3 Å². The number of hydrogen-bond acceptors (Lipinski definition) is 7. The summed E-state index contributed by atoms with van der Waals surface area (Å²) >= 11 is 4.69. The SMILES string of the molecule is CSCC[C@@H](C(=O)Nc1nc(-c2cc(C)sc2C)cs1)N1C(=O)[C@H]2CCCC[C@H]2C1=O. The Bertz CT molecular complexity index is 975. The number of thiazole rings is 1. The van der Waals surface area contributed by atoms with E-state index in [4.69, 9.17) is 0 Å². The van der Waals surface area contributed by atoms with Gasteiger partial charge >= 0.3 is 0 Å². The number of thioether (sulfide) groups is 1. The first-order chi connectivity index (χ1) is 14.9. The molecule has 1 aliphatic carbocycles. The molecular weight excluding hydrogens is 450 g/mol. The average molecular weight is 478 g/mol. The van der Waals surface area contributed by atoms with Crippen LogP contribution < -0.4 is 5.32 Å². The molecule has 2 aromatic rings. The summed E-state index contributed by atoms with van der Waals surface area (Å²) in [5, 5.41) is 5.31. The minimum Gasteiger partial charge on any atom is -0.300 e. The van der Waals surface area contributed by atoms with Gasteiger partial charge in [-0.2, -0.15) is 11.8 Å². The monoisotopic (exact) mass is 477 g/mol. The van der Waals surface area contributed by atoms with Gasteiger partial charge in [-0.1, -0.05) is 12.8 Å². The Balaban J connectivity index is 1.53. The van der Waals surface area contributed by atoms with Crippen LogP contribution in [0.4, 0.5) is 5.13 Å². The van der Waals surface area contributed by atoms with Crippen LogP contribution in [0.15, 0.2) is 11.4 Å². The van der Waals surface area contributed by atoms with Gasteiger partial charge in [0.15, 0.2) is 5.13 Å². The first-order valence-electron chi connectivity index (χ1n) is 10.6. The van der Waals surface area contributed by atoms with Crippen molar-refractivity contribution in [1.82, 2.24) is 9.88 Å². The van der Waals surface area contributed by atoms with Crippen LogP contribution in [0.3, 0.4) is 0 Å². The molecule has 0 unspecified atom stereocenters. The topological polar surface area (TPSA) is 79.4 Å². The summed E-state index contributed by atoms with van der Waals surface area (Å²) < 4.78 is 0. The van der Waals surface area contributed by atoms with E-state index in [2.05, 4.69) is 30.2 Å². The second-order valence-corrected chi connectivity index (χ2v) is 11.5. The van der Waals surface area contributed by atoms with Crippen LogP contribution in [0, 0.1) is 25.7 Å². The van der Waals surface area contributed by atoms with E-state index < -0.39 is 6.04 Å². The van der Waals surface area contributed by atoms with Gasteiger partial charge in [-0.15, -0.1) is 22.7 Å². The molecule has 3 amide bonds. The second kappa shape index (κ2) is 9.42. The number of aromatic nitrogens is 1. The highest BCUT2D eigenvalue weighted by molar-refractivity contribution is 7.98. The number of imide groups is 1. The van der Waals surface area contributed by atoms with Crippen LogP contribution >= 0.6 is 34.4 Å². The average Bonchev–Trinajstić information content (AvgIpc) is 3.41. The third-order valence-electron chi connectivity index (χ3n) is 6.14. The predicted molar refractivity (Wildman–Crippen MR) is 128 cm³/mol. The van der Waals surface area contributed by atoms with E-state index in [0.29, 0.717) is 17.3 Å². The van der Waals surface area contributed by atoms with Crippen LogP contribution in [0.2, 0.25) is 0 Å². The molecule has 9 heteroatoms. The summed E-state index contributed by atoms with van der Waals surface area (Å²) in [6.45, 7) is 4.13. The van der Waals surface area contributed by atoms with Gasteiger partial charge in [0.2, 0.25) is 17.7 Å². The zero-order valence-corrected chi connectivity index (χ0v) is 20.4. The van der Waals surface area contributed by atoms with Crippen LogP contribution in [-0.4, -0.2) is 45.7 Å². The summed E-state index contributed by atoms with van der Waals surface area (Å²) in [7, 11) is 0. The Labute approximate surface area is 194 Å². The molecule has 166 valence electrons. The molecule has 1 aliphatic heterocycles. The summed E-state index contributed by atoms with van der Waals surface area (Å²) in [6.07, 6.45) is 5.85. The molecule has 2 aliphatic rings. The van der Waals surface area contributed by atoms with E-state index in [0.717, 1.165) is 36.9 Å². The predicted octanol–water partition coefficient (Wildman–Crippen LogP) is 4.72. The fraction of sp³-hybridized carbons (Fsp3) is 0.545. The number of thiophene rings is 1. The van der Waals surface area contributed by atoms with Gasteiger partial charge in [0.1, 0.15) is 6.04 Å². The van der Waals surface area contributed by atoms with Gasteiger partial charge in [0.25, 0.3) is 0 Å². The lowest BCUT2D eigenvalue weighted by Crippen LogP contribution is -2.48. The Kier molecular flexibility index (Phi) is 6.83. The minimum atomic E-state index is -0.782. The molecule has 1 saturated carbocycles. The number of likely N-dealkylation sites (tertiary alicyclic amines) is 1. The van der Waals surface area contributed by atoms with Crippen LogP contribution in [0.1, 0.15) is 41.9 Å².